The van der Waals surface area contributed by atoms with Crippen LogP contribution in [0.1, 0.15) is 38.7 Å². The Kier molecular flexibility index (Phi) is 3.60. The summed E-state index contributed by atoms with van der Waals surface area (Å²) in [5, 5.41) is 22.8. The molecule has 5 nitrogen and oxygen atoms in total. The number of aromatic amines is 1. The SMILES string of the molecule is CC12CCC(O)C(C)(C(=O)O)C1CCc1cc3[nH]c4ccccc4c3cc1O2. The minimum absolute atomic E-state index is 0.260. The summed E-state index contributed by atoms with van der Waals surface area (Å²) in [5.41, 5.74) is 1.44. The molecule has 146 valence electrons. The van der Waals surface area contributed by atoms with Gasteiger partial charge in [0, 0.05) is 27.7 Å². The van der Waals surface area contributed by atoms with Crippen LogP contribution >= 0.6 is 0 Å². The predicted octanol–water partition coefficient (Wildman–Crippen LogP) is 4.27. The van der Waals surface area contributed by atoms with Crippen LogP contribution in [0, 0.1) is 11.3 Å². The summed E-state index contributed by atoms with van der Waals surface area (Å²) in [5.74, 6) is -0.362. The lowest BCUT2D eigenvalue weighted by atomic mass is 9.58. The molecule has 0 spiro atoms. The number of H-pyrrole nitrogens is 1. The third-order valence-electron chi connectivity index (χ3n) is 7.26. The maximum Gasteiger partial charge on any atom is 0.312 e. The number of para-hydroxylation sites is 1. The standard InChI is InChI=1S/C23H25NO4/c1-22-10-9-20(25)23(2,21(26)27)19(22)8-7-13-11-17-15(12-18(13)28-22)14-5-3-4-6-16(14)24-17/h3-6,11-12,19-20,24-25H,7-10H2,1-2H3,(H,26,27). The van der Waals surface area contributed by atoms with Gasteiger partial charge in [0.05, 0.1) is 11.5 Å². The molecule has 0 amide bonds. The molecule has 3 N–H and O–H groups in total. The van der Waals surface area contributed by atoms with Crippen molar-refractivity contribution in [3.8, 4) is 5.75 Å². The van der Waals surface area contributed by atoms with Crippen LogP contribution in [0.3, 0.4) is 0 Å². The number of carboxylic acid groups (broad SMARTS) is 1. The average molecular weight is 379 g/mol. The van der Waals surface area contributed by atoms with Crippen LogP contribution in [0.15, 0.2) is 36.4 Å². The van der Waals surface area contributed by atoms with Crippen molar-refractivity contribution in [2.75, 3.05) is 0 Å². The van der Waals surface area contributed by atoms with E-state index in [2.05, 4.69) is 29.2 Å². The molecule has 5 heteroatoms. The van der Waals surface area contributed by atoms with E-state index in [0.717, 1.165) is 39.5 Å². The number of nitrogens with one attached hydrogen (secondary N) is 1. The number of hydrogen-bond acceptors (Lipinski definition) is 3. The number of aromatic nitrogens is 1. The molecule has 5 rings (SSSR count). The molecule has 2 aromatic carbocycles. The van der Waals surface area contributed by atoms with Crippen LogP contribution in [-0.2, 0) is 11.2 Å². The second kappa shape index (κ2) is 5.74. The number of benzene rings is 2. The highest BCUT2D eigenvalue weighted by Gasteiger charge is 2.59. The van der Waals surface area contributed by atoms with Gasteiger partial charge in [-0.3, -0.25) is 4.79 Å². The third kappa shape index (κ3) is 2.26. The van der Waals surface area contributed by atoms with Gasteiger partial charge in [-0.15, -0.1) is 0 Å². The van der Waals surface area contributed by atoms with Gasteiger partial charge in [-0.05, 0) is 63.3 Å². The molecule has 0 radical (unpaired) electrons. The minimum atomic E-state index is -1.21. The molecular weight excluding hydrogens is 354 g/mol. The van der Waals surface area contributed by atoms with E-state index >= 15 is 0 Å². The molecule has 0 saturated heterocycles. The lowest BCUT2D eigenvalue weighted by Gasteiger charge is -2.51. The first-order valence-corrected chi connectivity index (χ1v) is 9.97. The normalized spacial score (nSPS) is 32.4. The molecule has 1 aliphatic carbocycles. The van der Waals surface area contributed by atoms with Crippen LogP contribution in [0.4, 0.5) is 0 Å². The van der Waals surface area contributed by atoms with Crippen LogP contribution in [0.2, 0.25) is 0 Å². The van der Waals surface area contributed by atoms with E-state index < -0.39 is 23.1 Å². The van der Waals surface area contributed by atoms with E-state index in [1.54, 1.807) is 6.92 Å². The summed E-state index contributed by atoms with van der Waals surface area (Å²) in [6, 6.07) is 12.4. The van der Waals surface area contributed by atoms with Crippen molar-refractivity contribution in [3.63, 3.8) is 0 Å². The highest BCUT2D eigenvalue weighted by atomic mass is 16.5. The summed E-state index contributed by atoms with van der Waals surface area (Å²) < 4.78 is 6.58. The summed E-state index contributed by atoms with van der Waals surface area (Å²) in [6.07, 6.45) is 1.63. The fraction of sp³-hybridized carbons (Fsp3) is 0.435. The van der Waals surface area contributed by atoms with E-state index in [0.29, 0.717) is 19.3 Å². The van der Waals surface area contributed by atoms with Gasteiger partial charge in [-0.25, -0.2) is 0 Å². The number of aliphatic carboxylic acids is 1. The van der Waals surface area contributed by atoms with Gasteiger partial charge in [-0.1, -0.05) is 18.2 Å². The highest BCUT2D eigenvalue weighted by Crippen LogP contribution is 2.53. The van der Waals surface area contributed by atoms with Crippen molar-refractivity contribution in [2.24, 2.45) is 11.3 Å². The molecule has 1 fully saturated rings. The quantitative estimate of drug-likeness (QED) is 0.590. The number of carbonyl (C=O) groups is 1. The van der Waals surface area contributed by atoms with E-state index in [4.69, 9.17) is 4.74 Å². The number of aliphatic hydroxyl groups excluding tert-OH is 1. The molecule has 2 heterocycles. The van der Waals surface area contributed by atoms with Crippen molar-refractivity contribution in [1.29, 1.82) is 0 Å². The second-order valence-electron chi connectivity index (χ2n) is 8.82. The number of fused-ring (bicyclic) bond motifs is 5. The fourth-order valence-corrected chi connectivity index (χ4v) is 5.55. The molecule has 1 aromatic heterocycles. The maximum absolute atomic E-state index is 12.1. The molecule has 0 bridgehead atoms. The fourth-order valence-electron chi connectivity index (χ4n) is 5.55. The Bertz CT molecular complexity index is 1100. The molecule has 4 atom stereocenters. The minimum Gasteiger partial charge on any atom is -0.487 e. The van der Waals surface area contributed by atoms with Crippen LogP contribution in [0.5, 0.6) is 5.75 Å². The largest absolute Gasteiger partial charge is 0.487 e. The molecule has 3 aromatic rings. The summed E-state index contributed by atoms with van der Waals surface area (Å²) in [4.78, 5) is 15.6. The number of ether oxygens (including phenoxy) is 1. The predicted molar refractivity (Wildman–Crippen MR) is 108 cm³/mol. The first-order chi connectivity index (χ1) is 13.3. The van der Waals surface area contributed by atoms with Crippen molar-refractivity contribution >= 4 is 27.8 Å². The number of carboxylic acids is 1. The number of hydrogen-bond donors (Lipinski definition) is 3. The number of aliphatic hydroxyl groups is 1. The number of rotatable bonds is 1. The monoisotopic (exact) mass is 379 g/mol. The Hall–Kier alpha value is -2.53. The Morgan fingerprint density at radius 3 is 2.71 bits per heavy atom. The maximum atomic E-state index is 12.1. The molecule has 1 saturated carbocycles. The van der Waals surface area contributed by atoms with Crippen LogP contribution in [0.25, 0.3) is 21.8 Å². The smallest absolute Gasteiger partial charge is 0.312 e. The van der Waals surface area contributed by atoms with Crippen molar-refractivity contribution in [3.05, 3.63) is 42.0 Å². The van der Waals surface area contributed by atoms with E-state index in [1.165, 1.54) is 0 Å². The first-order valence-electron chi connectivity index (χ1n) is 9.97. The zero-order valence-electron chi connectivity index (χ0n) is 16.2. The van der Waals surface area contributed by atoms with Gasteiger partial charge >= 0.3 is 5.97 Å². The van der Waals surface area contributed by atoms with Gasteiger partial charge < -0.3 is 19.9 Å². The van der Waals surface area contributed by atoms with Gasteiger partial charge in [0.2, 0.25) is 0 Å². The van der Waals surface area contributed by atoms with Gasteiger partial charge in [0.15, 0.2) is 0 Å². The Morgan fingerprint density at radius 1 is 1.14 bits per heavy atom. The Labute approximate surface area is 163 Å². The van der Waals surface area contributed by atoms with Gasteiger partial charge in [0.1, 0.15) is 11.4 Å². The molecule has 2 aliphatic rings. The van der Waals surface area contributed by atoms with E-state index in [-0.39, 0.29) is 5.92 Å². The average Bonchev–Trinajstić information content (AvgIpc) is 2.94. The van der Waals surface area contributed by atoms with Gasteiger partial charge in [-0.2, -0.15) is 0 Å². The molecule has 1 aliphatic heterocycles. The zero-order chi connectivity index (χ0) is 19.7. The lowest BCUT2D eigenvalue weighted by Crippen LogP contribution is -2.60. The van der Waals surface area contributed by atoms with Crippen molar-refractivity contribution < 1.29 is 19.7 Å². The van der Waals surface area contributed by atoms with Crippen LogP contribution in [-0.4, -0.2) is 32.9 Å². The summed E-state index contributed by atoms with van der Waals surface area (Å²) >= 11 is 0. The third-order valence-corrected chi connectivity index (χ3v) is 7.26. The van der Waals surface area contributed by atoms with E-state index in [1.807, 2.05) is 19.1 Å². The first kappa shape index (κ1) is 17.6. The van der Waals surface area contributed by atoms with Crippen LogP contribution < -0.4 is 4.74 Å². The van der Waals surface area contributed by atoms with Gasteiger partial charge in [0.25, 0.3) is 0 Å². The molecular formula is C23H25NO4. The lowest BCUT2D eigenvalue weighted by molar-refractivity contribution is -0.183. The second-order valence-corrected chi connectivity index (χ2v) is 8.82. The van der Waals surface area contributed by atoms with Crippen molar-refractivity contribution in [1.82, 2.24) is 4.98 Å². The van der Waals surface area contributed by atoms with E-state index in [9.17, 15) is 15.0 Å². The molecule has 4 unspecified atom stereocenters. The van der Waals surface area contributed by atoms with Crippen molar-refractivity contribution in [2.45, 2.75) is 51.2 Å². The topological polar surface area (TPSA) is 82.5 Å². The summed E-state index contributed by atoms with van der Waals surface area (Å²) in [7, 11) is 0. The number of aryl methyl sites for hydroxylation is 1. The Morgan fingerprint density at radius 2 is 1.93 bits per heavy atom. The Balaban J connectivity index is 1.64. The molecule has 28 heavy (non-hydrogen) atoms. The zero-order valence-corrected chi connectivity index (χ0v) is 16.2. The summed E-state index contributed by atoms with van der Waals surface area (Å²) in [6.45, 7) is 3.69. The highest BCUT2D eigenvalue weighted by molar-refractivity contribution is 6.07.